The summed E-state index contributed by atoms with van der Waals surface area (Å²) >= 11 is 0. The van der Waals surface area contributed by atoms with Crippen molar-refractivity contribution in [2.45, 2.75) is 25.7 Å². The van der Waals surface area contributed by atoms with Crippen molar-refractivity contribution in [3.8, 4) is 56.8 Å². The van der Waals surface area contributed by atoms with Gasteiger partial charge in [0.25, 0.3) is 11.8 Å². The SMILES string of the molecule is COc1cc(-c2ccc(C(=O)N3CCC(CN(C)CC4CCN(C(=O)c5ccc(-c6cc(OC)c(OC)c(OC)c6)cc5)CC4)CC3)cc2)cc(OC)c1OC.Cl. The molecular weight excluding hydrogens is 746 g/mol. The summed E-state index contributed by atoms with van der Waals surface area (Å²) in [5.41, 5.74) is 5.13. The molecule has 12 heteroatoms. The highest BCUT2D eigenvalue weighted by molar-refractivity contribution is 5.95. The minimum Gasteiger partial charge on any atom is -0.493 e. The predicted octanol–water partition coefficient (Wildman–Crippen LogP) is 7.83. The molecule has 0 unspecified atom stereocenters. The molecule has 6 rings (SSSR count). The molecule has 0 radical (unpaired) electrons. The van der Waals surface area contributed by atoms with Crippen LogP contribution in [0, 0.1) is 11.8 Å². The van der Waals surface area contributed by atoms with Crippen LogP contribution in [0.4, 0.5) is 0 Å². The van der Waals surface area contributed by atoms with Crippen LogP contribution in [-0.4, -0.2) is 115 Å². The van der Waals surface area contributed by atoms with Crippen molar-refractivity contribution in [1.82, 2.24) is 14.7 Å². The highest BCUT2D eigenvalue weighted by atomic mass is 35.5. The van der Waals surface area contributed by atoms with Gasteiger partial charge in [-0.25, -0.2) is 0 Å². The van der Waals surface area contributed by atoms with E-state index in [1.54, 1.807) is 42.7 Å². The average Bonchev–Trinajstić information content (AvgIpc) is 3.25. The van der Waals surface area contributed by atoms with Crippen molar-refractivity contribution in [1.29, 1.82) is 0 Å². The number of piperidine rings is 2. The van der Waals surface area contributed by atoms with E-state index in [1.807, 2.05) is 82.6 Å². The molecule has 2 amide bonds. The monoisotopic (exact) mass is 801 g/mol. The van der Waals surface area contributed by atoms with Gasteiger partial charge in [0.2, 0.25) is 11.5 Å². The lowest BCUT2D eigenvalue weighted by Gasteiger charge is -2.37. The number of likely N-dealkylation sites (tertiary alicyclic amines) is 2. The van der Waals surface area contributed by atoms with Crippen LogP contribution in [0.15, 0.2) is 72.8 Å². The zero-order valence-electron chi connectivity index (χ0n) is 34.2. The first kappa shape index (κ1) is 43.0. The number of amides is 2. The van der Waals surface area contributed by atoms with E-state index in [0.717, 1.165) is 87.2 Å². The molecule has 4 aromatic carbocycles. The summed E-state index contributed by atoms with van der Waals surface area (Å²) in [6, 6.07) is 23.1. The van der Waals surface area contributed by atoms with E-state index >= 15 is 0 Å². The number of ether oxygens (including phenoxy) is 6. The number of carbonyl (C=O) groups excluding carboxylic acids is 2. The summed E-state index contributed by atoms with van der Waals surface area (Å²) < 4.78 is 33.0. The van der Waals surface area contributed by atoms with Crippen LogP contribution in [0.3, 0.4) is 0 Å². The van der Waals surface area contributed by atoms with Gasteiger partial charge in [-0.2, -0.15) is 0 Å². The zero-order valence-corrected chi connectivity index (χ0v) is 35.0. The summed E-state index contributed by atoms with van der Waals surface area (Å²) in [6.07, 6.45) is 3.96. The fraction of sp³-hybridized carbons (Fsp3) is 0.422. The van der Waals surface area contributed by atoms with E-state index in [1.165, 1.54) is 0 Å². The molecule has 0 aliphatic carbocycles. The van der Waals surface area contributed by atoms with Crippen LogP contribution in [0.5, 0.6) is 34.5 Å². The maximum Gasteiger partial charge on any atom is 0.253 e. The first-order valence-corrected chi connectivity index (χ1v) is 19.3. The molecule has 2 heterocycles. The maximum absolute atomic E-state index is 13.4. The lowest BCUT2D eigenvalue weighted by molar-refractivity contribution is 0.0645. The first-order valence-electron chi connectivity index (χ1n) is 19.3. The number of hydrogen-bond donors (Lipinski definition) is 0. The Hall–Kier alpha value is -5.13. The number of benzene rings is 4. The smallest absolute Gasteiger partial charge is 0.253 e. The Morgan fingerprint density at radius 3 is 1.07 bits per heavy atom. The van der Waals surface area contributed by atoms with Crippen LogP contribution >= 0.6 is 12.4 Å². The second-order valence-electron chi connectivity index (χ2n) is 14.7. The Labute approximate surface area is 343 Å². The standard InChI is InChI=1S/C45H55N3O8.ClH/c1-46(28-30-16-20-47(21-17-30)44(49)34-12-8-32(9-13-34)36-24-38(51-2)42(55-6)39(25-36)52-3)29-31-18-22-48(23-19-31)45(50)35-14-10-33(11-15-35)37-26-40(53-4)43(56-7)41(27-37)54-5;/h8-15,24-27,30-31H,16-23,28-29H2,1-7H3;1H. The molecule has 0 atom stereocenters. The Kier molecular flexibility index (Phi) is 15.0. The van der Waals surface area contributed by atoms with E-state index in [-0.39, 0.29) is 24.2 Å². The van der Waals surface area contributed by atoms with Gasteiger partial charge in [-0.1, -0.05) is 24.3 Å². The van der Waals surface area contributed by atoms with Crippen LogP contribution < -0.4 is 28.4 Å². The predicted molar refractivity (Wildman–Crippen MR) is 225 cm³/mol. The summed E-state index contributed by atoms with van der Waals surface area (Å²) in [7, 11) is 11.8. The van der Waals surface area contributed by atoms with Crippen molar-refractivity contribution in [2.75, 3.05) is 89.0 Å². The summed E-state index contributed by atoms with van der Waals surface area (Å²) in [5.74, 6) is 4.68. The third-order valence-electron chi connectivity index (χ3n) is 11.2. The minimum absolute atomic E-state index is 0. The van der Waals surface area contributed by atoms with E-state index in [2.05, 4.69) is 11.9 Å². The van der Waals surface area contributed by atoms with Gasteiger partial charge < -0.3 is 43.1 Å². The Bertz CT molecular complexity index is 1770. The molecule has 0 spiro atoms. The minimum atomic E-state index is 0. The molecule has 306 valence electrons. The zero-order chi connectivity index (χ0) is 39.8. The van der Waals surface area contributed by atoms with E-state index in [0.29, 0.717) is 57.5 Å². The second-order valence-corrected chi connectivity index (χ2v) is 14.7. The molecule has 2 aliphatic rings. The largest absolute Gasteiger partial charge is 0.493 e. The number of carbonyl (C=O) groups is 2. The molecule has 0 N–H and O–H groups in total. The van der Waals surface area contributed by atoms with Crippen LogP contribution in [0.2, 0.25) is 0 Å². The molecule has 0 saturated carbocycles. The molecule has 57 heavy (non-hydrogen) atoms. The lowest BCUT2D eigenvalue weighted by Crippen LogP contribution is -2.43. The summed E-state index contributed by atoms with van der Waals surface area (Å²) in [6.45, 7) is 5.07. The van der Waals surface area contributed by atoms with Gasteiger partial charge in [0, 0.05) is 50.4 Å². The van der Waals surface area contributed by atoms with Crippen LogP contribution in [0.25, 0.3) is 22.3 Å². The first-order chi connectivity index (χ1) is 27.2. The van der Waals surface area contributed by atoms with Gasteiger partial charge in [-0.3, -0.25) is 9.59 Å². The Balaban J connectivity index is 0.00000620. The number of rotatable bonds is 14. The normalized spacial score (nSPS) is 14.8. The number of methoxy groups -OCH3 is 6. The maximum atomic E-state index is 13.4. The molecule has 2 fully saturated rings. The number of nitrogens with zero attached hydrogens (tertiary/aromatic N) is 3. The lowest BCUT2D eigenvalue weighted by atomic mass is 9.93. The van der Waals surface area contributed by atoms with Crippen LogP contribution in [0.1, 0.15) is 46.4 Å². The highest BCUT2D eigenvalue weighted by Crippen LogP contribution is 2.42. The number of halogens is 1. The van der Waals surface area contributed by atoms with Crippen molar-refractivity contribution in [2.24, 2.45) is 11.8 Å². The molecule has 2 aliphatic heterocycles. The fourth-order valence-electron chi connectivity index (χ4n) is 8.06. The molecule has 0 bridgehead atoms. The van der Waals surface area contributed by atoms with E-state index in [9.17, 15) is 9.59 Å². The van der Waals surface area contributed by atoms with Crippen molar-refractivity contribution in [3.05, 3.63) is 83.9 Å². The van der Waals surface area contributed by atoms with Gasteiger partial charge in [-0.05, 0) is 115 Å². The van der Waals surface area contributed by atoms with Crippen LogP contribution in [-0.2, 0) is 0 Å². The fourth-order valence-corrected chi connectivity index (χ4v) is 8.06. The molecular formula is C45H56ClN3O8. The highest BCUT2D eigenvalue weighted by Gasteiger charge is 2.28. The number of hydrogen-bond acceptors (Lipinski definition) is 9. The van der Waals surface area contributed by atoms with Gasteiger partial charge in [0.05, 0.1) is 42.7 Å². The Morgan fingerprint density at radius 2 is 0.807 bits per heavy atom. The molecule has 11 nitrogen and oxygen atoms in total. The third-order valence-corrected chi connectivity index (χ3v) is 11.2. The quantitative estimate of drug-likeness (QED) is 0.126. The van der Waals surface area contributed by atoms with E-state index < -0.39 is 0 Å². The molecule has 4 aromatic rings. The van der Waals surface area contributed by atoms with Crippen molar-refractivity contribution in [3.63, 3.8) is 0 Å². The van der Waals surface area contributed by atoms with Gasteiger partial charge in [0.1, 0.15) is 0 Å². The summed E-state index contributed by atoms with van der Waals surface area (Å²) in [5, 5.41) is 0. The molecule has 2 saturated heterocycles. The van der Waals surface area contributed by atoms with E-state index in [4.69, 9.17) is 28.4 Å². The van der Waals surface area contributed by atoms with Crippen molar-refractivity contribution < 1.29 is 38.0 Å². The third kappa shape index (κ3) is 9.88. The molecule has 0 aromatic heterocycles. The second kappa shape index (κ2) is 19.8. The average molecular weight is 802 g/mol. The van der Waals surface area contributed by atoms with Crippen molar-refractivity contribution >= 4 is 24.2 Å². The van der Waals surface area contributed by atoms with Gasteiger partial charge >= 0.3 is 0 Å². The van der Waals surface area contributed by atoms with Gasteiger partial charge in [-0.15, -0.1) is 12.4 Å². The summed E-state index contributed by atoms with van der Waals surface area (Å²) in [4.78, 5) is 33.3. The Morgan fingerprint density at radius 1 is 0.509 bits per heavy atom. The van der Waals surface area contributed by atoms with Gasteiger partial charge in [0.15, 0.2) is 23.0 Å². The topological polar surface area (TPSA) is 99.2 Å².